The lowest BCUT2D eigenvalue weighted by Gasteiger charge is -2.36. The van der Waals surface area contributed by atoms with Crippen LogP contribution in [0.2, 0.25) is 0 Å². The maximum atomic E-state index is 13.9. The molecule has 4 atom stereocenters. The number of nitrogens with zero attached hydrogens (tertiary/aromatic N) is 1. The first-order valence-electron chi connectivity index (χ1n) is 7.06. The molecular formula is C14H22FNO4. The molecular weight excluding hydrogens is 265 g/mol. The molecule has 2 unspecified atom stereocenters. The first-order valence-corrected chi connectivity index (χ1v) is 7.06. The van der Waals surface area contributed by atoms with Crippen LogP contribution in [0.25, 0.3) is 0 Å². The zero-order valence-electron chi connectivity index (χ0n) is 12.4. The molecule has 1 heterocycles. The van der Waals surface area contributed by atoms with Gasteiger partial charge >= 0.3 is 12.1 Å². The van der Waals surface area contributed by atoms with Crippen LogP contribution in [0.4, 0.5) is 9.18 Å². The van der Waals surface area contributed by atoms with Gasteiger partial charge in [0.15, 0.2) is 0 Å². The lowest BCUT2D eigenvalue weighted by molar-refractivity contribution is -0.151. The standard InChI is InChI=1S/C14H22FNO4/c1-5-19-12(17)11-8-6-9(15)10(7-8)16(11)13(18)20-14(2,3)4/h8-11H,5-7H2,1-4H3/t8?,9-,10?,11+/m0/s1. The van der Waals surface area contributed by atoms with E-state index in [1.807, 2.05) is 0 Å². The summed E-state index contributed by atoms with van der Waals surface area (Å²) in [5.74, 6) is -0.626. The van der Waals surface area contributed by atoms with Gasteiger partial charge in [0.1, 0.15) is 17.8 Å². The largest absolute Gasteiger partial charge is 0.464 e. The molecule has 1 saturated heterocycles. The van der Waals surface area contributed by atoms with Gasteiger partial charge in [0.2, 0.25) is 0 Å². The Bertz CT molecular complexity index is 406. The molecule has 1 amide bonds. The van der Waals surface area contributed by atoms with Crippen molar-refractivity contribution in [3.05, 3.63) is 0 Å². The zero-order chi connectivity index (χ0) is 15.1. The number of likely N-dealkylation sites (tertiary alicyclic amines) is 1. The topological polar surface area (TPSA) is 55.8 Å². The highest BCUT2D eigenvalue weighted by Gasteiger charge is 2.57. The van der Waals surface area contributed by atoms with E-state index in [0.29, 0.717) is 12.8 Å². The summed E-state index contributed by atoms with van der Waals surface area (Å²) in [6.07, 6.45) is -0.902. The predicted octanol–water partition coefficient (Wildman–Crippen LogP) is 2.29. The lowest BCUT2D eigenvalue weighted by atomic mass is 9.98. The van der Waals surface area contributed by atoms with Crippen molar-refractivity contribution in [2.75, 3.05) is 6.61 Å². The summed E-state index contributed by atoms with van der Waals surface area (Å²) in [6, 6.07) is -1.27. The number of ether oxygens (including phenoxy) is 2. The molecule has 5 nitrogen and oxygen atoms in total. The second-order valence-corrected chi connectivity index (χ2v) is 6.40. The van der Waals surface area contributed by atoms with Crippen LogP contribution < -0.4 is 0 Å². The van der Waals surface area contributed by atoms with E-state index in [0.717, 1.165) is 0 Å². The van der Waals surface area contributed by atoms with E-state index in [9.17, 15) is 14.0 Å². The molecule has 0 N–H and O–H groups in total. The van der Waals surface area contributed by atoms with Crippen molar-refractivity contribution in [2.24, 2.45) is 5.92 Å². The molecule has 1 saturated carbocycles. The van der Waals surface area contributed by atoms with E-state index in [1.165, 1.54) is 4.90 Å². The lowest BCUT2D eigenvalue weighted by Crippen LogP contribution is -2.54. The van der Waals surface area contributed by atoms with Crippen LogP contribution in [0.5, 0.6) is 0 Å². The van der Waals surface area contributed by atoms with Crippen molar-refractivity contribution >= 4 is 12.1 Å². The molecule has 0 aromatic heterocycles. The normalized spacial score (nSPS) is 32.4. The van der Waals surface area contributed by atoms with E-state index in [-0.39, 0.29) is 12.5 Å². The van der Waals surface area contributed by atoms with Gasteiger partial charge in [0.05, 0.1) is 12.6 Å². The fraction of sp³-hybridized carbons (Fsp3) is 0.857. The van der Waals surface area contributed by atoms with E-state index < -0.39 is 35.9 Å². The minimum atomic E-state index is -1.09. The van der Waals surface area contributed by atoms with Gasteiger partial charge in [-0.15, -0.1) is 0 Å². The fourth-order valence-electron chi connectivity index (χ4n) is 3.08. The molecule has 0 spiro atoms. The number of fused-ring (bicyclic) bond motifs is 2. The minimum Gasteiger partial charge on any atom is -0.464 e. The minimum absolute atomic E-state index is 0.165. The monoisotopic (exact) mass is 287 g/mol. The molecule has 0 radical (unpaired) electrons. The van der Waals surface area contributed by atoms with Crippen LogP contribution in [0, 0.1) is 5.92 Å². The van der Waals surface area contributed by atoms with Crippen LogP contribution in [0.15, 0.2) is 0 Å². The van der Waals surface area contributed by atoms with Gasteiger partial charge in [0, 0.05) is 0 Å². The molecule has 2 fully saturated rings. The molecule has 2 rings (SSSR count). The third-order valence-electron chi connectivity index (χ3n) is 3.73. The first kappa shape index (κ1) is 15.1. The van der Waals surface area contributed by atoms with Crippen LogP contribution >= 0.6 is 0 Å². The number of hydrogen-bond donors (Lipinski definition) is 0. The highest BCUT2D eigenvalue weighted by Crippen LogP contribution is 2.45. The Morgan fingerprint density at radius 1 is 1.30 bits per heavy atom. The van der Waals surface area contributed by atoms with Crippen molar-refractivity contribution in [2.45, 2.75) is 64.4 Å². The second kappa shape index (κ2) is 5.22. The SMILES string of the molecule is CCOC(=O)[C@H]1C2CC([C@@H](F)C2)N1C(=O)OC(C)(C)C. The number of halogens is 1. The van der Waals surface area contributed by atoms with Crippen LogP contribution in [-0.4, -0.2) is 47.4 Å². The van der Waals surface area contributed by atoms with Gasteiger partial charge in [-0.05, 0) is 46.5 Å². The highest BCUT2D eigenvalue weighted by molar-refractivity contribution is 5.83. The summed E-state index contributed by atoms with van der Waals surface area (Å²) in [6.45, 7) is 7.18. The highest BCUT2D eigenvalue weighted by atomic mass is 19.1. The number of carbonyl (C=O) groups excluding carboxylic acids is 2. The number of carbonyl (C=O) groups is 2. The smallest absolute Gasteiger partial charge is 0.411 e. The van der Waals surface area contributed by atoms with Gasteiger partial charge in [-0.1, -0.05) is 0 Å². The Labute approximate surface area is 118 Å². The van der Waals surface area contributed by atoms with E-state index in [2.05, 4.69) is 0 Å². The molecule has 2 bridgehead atoms. The average molecular weight is 287 g/mol. The molecule has 20 heavy (non-hydrogen) atoms. The molecule has 0 aromatic rings. The van der Waals surface area contributed by atoms with Gasteiger partial charge in [-0.25, -0.2) is 14.0 Å². The van der Waals surface area contributed by atoms with Crippen LogP contribution in [-0.2, 0) is 14.3 Å². The Morgan fingerprint density at radius 2 is 1.95 bits per heavy atom. The van der Waals surface area contributed by atoms with Gasteiger partial charge in [-0.2, -0.15) is 0 Å². The zero-order valence-corrected chi connectivity index (χ0v) is 12.4. The maximum Gasteiger partial charge on any atom is 0.411 e. The Hall–Kier alpha value is -1.33. The number of alkyl halides is 1. The first-order chi connectivity index (χ1) is 9.24. The number of esters is 1. The number of amides is 1. The number of piperidine rings is 1. The summed E-state index contributed by atoms with van der Waals surface area (Å²) in [7, 11) is 0. The summed E-state index contributed by atoms with van der Waals surface area (Å²) < 4.78 is 24.2. The summed E-state index contributed by atoms with van der Waals surface area (Å²) in [5, 5.41) is 0. The van der Waals surface area contributed by atoms with Crippen molar-refractivity contribution in [1.82, 2.24) is 4.90 Å². The van der Waals surface area contributed by atoms with Crippen molar-refractivity contribution in [3.63, 3.8) is 0 Å². The van der Waals surface area contributed by atoms with Crippen molar-refractivity contribution < 1.29 is 23.5 Å². The quantitative estimate of drug-likeness (QED) is 0.731. The molecule has 0 aromatic carbocycles. The summed E-state index contributed by atoms with van der Waals surface area (Å²) >= 11 is 0. The van der Waals surface area contributed by atoms with Crippen molar-refractivity contribution in [1.29, 1.82) is 0 Å². The van der Waals surface area contributed by atoms with E-state index in [1.54, 1.807) is 27.7 Å². The Kier molecular flexibility index (Phi) is 3.93. The average Bonchev–Trinajstić information content (AvgIpc) is 2.82. The molecule has 1 aliphatic heterocycles. The Morgan fingerprint density at radius 3 is 2.50 bits per heavy atom. The summed E-state index contributed by atoms with van der Waals surface area (Å²) in [4.78, 5) is 25.5. The van der Waals surface area contributed by atoms with Gasteiger partial charge in [-0.3, -0.25) is 4.90 Å². The summed E-state index contributed by atoms with van der Waals surface area (Å²) in [5.41, 5.74) is -0.677. The van der Waals surface area contributed by atoms with Crippen LogP contribution in [0.3, 0.4) is 0 Å². The maximum absolute atomic E-state index is 13.9. The fourth-order valence-corrected chi connectivity index (χ4v) is 3.08. The molecule has 2 aliphatic rings. The number of rotatable bonds is 2. The van der Waals surface area contributed by atoms with Gasteiger partial charge < -0.3 is 9.47 Å². The van der Waals surface area contributed by atoms with Crippen LogP contribution in [0.1, 0.15) is 40.5 Å². The molecule has 6 heteroatoms. The van der Waals surface area contributed by atoms with Gasteiger partial charge in [0.25, 0.3) is 0 Å². The van der Waals surface area contributed by atoms with Crippen molar-refractivity contribution in [3.8, 4) is 0 Å². The second-order valence-electron chi connectivity index (χ2n) is 6.40. The predicted molar refractivity (Wildman–Crippen MR) is 69.9 cm³/mol. The molecule has 114 valence electrons. The number of hydrogen-bond acceptors (Lipinski definition) is 4. The Balaban J connectivity index is 2.18. The molecule has 1 aliphatic carbocycles. The van der Waals surface area contributed by atoms with E-state index >= 15 is 0 Å². The third-order valence-corrected chi connectivity index (χ3v) is 3.73. The van der Waals surface area contributed by atoms with E-state index in [4.69, 9.17) is 9.47 Å². The third kappa shape index (κ3) is 2.74.